The van der Waals surface area contributed by atoms with Crippen molar-refractivity contribution in [2.24, 2.45) is 5.14 Å². The van der Waals surface area contributed by atoms with Gasteiger partial charge in [0.05, 0.1) is 17.2 Å². The fourth-order valence-electron chi connectivity index (χ4n) is 2.83. The quantitative estimate of drug-likeness (QED) is 0.809. The maximum atomic E-state index is 14.2. The van der Waals surface area contributed by atoms with Gasteiger partial charge in [-0.1, -0.05) is 12.1 Å². The summed E-state index contributed by atoms with van der Waals surface area (Å²) in [7, 11) is -4.59. The number of esters is 1. The summed E-state index contributed by atoms with van der Waals surface area (Å²) in [5.74, 6) is -3.46. The highest BCUT2D eigenvalue weighted by Gasteiger charge is 2.30. The maximum Gasteiger partial charge on any atom is 0.339 e. The van der Waals surface area contributed by atoms with E-state index in [2.05, 4.69) is 0 Å². The van der Waals surface area contributed by atoms with E-state index in [-0.39, 0.29) is 23.3 Å². The standard InChI is InChI=1S/C18H12F2N2O4S/c1-9-2-3-10(4-12(9)7-21)16-13(8-26-18(16)23)11-5-14(19)17(15(20)6-11)27(22,24)25/h2-6H,8H2,1H3,(H2,22,24,25). The largest absolute Gasteiger partial charge is 0.457 e. The second-order valence-corrected chi connectivity index (χ2v) is 7.38. The Morgan fingerprint density at radius 3 is 2.33 bits per heavy atom. The lowest BCUT2D eigenvalue weighted by Gasteiger charge is -2.09. The van der Waals surface area contributed by atoms with Crippen molar-refractivity contribution in [2.45, 2.75) is 11.8 Å². The summed E-state index contributed by atoms with van der Waals surface area (Å²) in [6, 6.07) is 8.25. The minimum Gasteiger partial charge on any atom is -0.457 e. The third-order valence-corrected chi connectivity index (χ3v) is 5.09. The molecule has 0 radical (unpaired) electrons. The van der Waals surface area contributed by atoms with E-state index in [0.717, 1.165) is 12.1 Å². The number of sulfonamides is 1. The van der Waals surface area contributed by atoms with Crippen molar-refractivity contribution < 1.29 is 26.7 Å². The molecule has 0 aliphatic carbocycles. The molecule has 9 heteroatoms. The number of hydrogen-bond acceptors (Lipinski definition) is 5. The number of rotatable bonds is 3. The van der Waals surface area contributed by atoms with E-state index in [1.54, 1.807) is 19.1 Å². The molecule has 1 aliphatic heterocycles. The Hall–Kier alpha value is -3.09. The smallest absolute Gasteiger partial charge is 0.339 e. The summed E-state index contributed by atoms with van der Waals surface area (Å²) in [6.07, 6.45) is 0. The van der Waals surface area contributed by atoms with Crippen LogP contribution in [-0.2, 0) is 19.6 Å². The summed E-state index contributed by atoms with van der Waals surface area (Å²) in [5.41, 5.74) is 1.55. The van der Waals surface area contributed by atoms with Gasteiger partial charge in [0, 0.05) is 5.57 Å². The number of ether oxygens (including phenoxy) is 1. The molecule has 0 unspecified atom stereocenters. The third kappa shape index (κ3) is 3.32. The van der Waals surface area contributed by atoms with Crippen molar-refractivity contribution in [3.63, 3.8) is 0 Å². The van der Waals surface area contributed by atoms with E-state index in [1.165, 1.54) is 6.07 Å². The van der Waals surface area contributed by atoms with Crippen molar-refractivity contribution in [1.29, 1.82) is 5.26 Å². The third-order valence-electron chi connectivity index (χ3n) is 4.13. The van der Waals surface area contributed by atoms with Crippen LogP contribution in [-0.4, -0.2) is 21.0 Å². The highest BCUT2D eigenvalue weighted by atomic mass is 32.2. The molecule has 0 bridgehead atoms. The summed E-state index contributed by atoms with van der Waals surface area (Å²) in [5, 5.41) is 14.0. The van der Waals surface area contributed by atoms with Crippen LogP contribution < -0.4 is 5.14 Å². The number of cyclic esters (lactones) is 1. The molecule has 0 atom stereocenters. The van der Waals surface area contributed by atoms with Crippen LogP contribution in [0.2, 0.25) is 0 Å². The van der Waals surface area contributed by atoms with Gasteiger partial charge in [0.2, 0.25) is 10.0 Å². The molecule has 2 aromatic rings. The first-order valence-corrected chi connectivity index (χ1v) is 9.11. The minimum absolute atomic E-state index is 0.0497. The molecule has 2 N–H and O–H groups in total. The molecular formula is C18H12F2N2O4S. The Morgan fingerprint density at radius 2 is 1.78 bits per heavy atom. The minimum atomic E-state index is -4.59. The van der Waals surface area contributed by atoms with Gasteiger partial charge < -0.3 is 4.74 Å². The second-order valence-electron chi connectivity index (χ2n) is 5.89. The first-order chi connectivity index (χ1) is 12.6. The van der Waals surface area contributed by atoms with Gasteiger partial charge in [-0.15, -0.1) is 0 Å². The Bertz CT molecular complexity index is 1140. The molecule has 27 heavy (non-hydrogen) atoms. The lowest BCUT2D eigenvalue weighted by Crippen LogP contribution is -2.16. The van der Waals surface area contributed by atoms with Crippen LogP contribution in [0.15, 0.2) is 35.2 Å². The van der Waals surface area contributed by atoms with Crippen LogP contribution >= 0.6 is 0 Å². The predicted octanol–water partition coefficient (Wildman–Crippen LogP) is 2.26. The fourth-order valence-corrected chi connectivity index (χ4v) is 3.49. The molecule has 1 heterocycles. The second kappa shape index (κ2) is 6.57. The fraction of sp³-hybridized carbons (Fsp3) is 0.111. The number of carbonyl (C=O) groups is 1. The number of carbonyl (C=O) groups excluding carboxylic acids is 1. The highest BCUT2D eigenvalue weighted by Crippen LogP contribution is 2.35. The predicted molar refractivity (Wildman–Crippen MR) is 91.4 cm³/mol. The molecule has 0 fully saturated rings. The monoisotopic (exact) mass is 390 g/mol. The van der Waals surface area contributed by atoms with Crippen molar-refractivity contribution in [3.8, 4) is 6.07 Å². The van der Waals surface area contributed by atoms with Gasteiger partial charge in [-0.05, 0) is 41.8 Å². The van der Waals surface area contributed by atoms with Gasteiger partial charge >= 0.3 is 5.97 Å². The van der Waals surface area contributed by atoms with E-state index in [4.69, 9.17) is 15.1 Å². The van der Waals surface area contributed by atoms with E-state index >= 15 is 0 Å². The lowest BCUT2D eigenvalue weighted by atomic mass is 9.94. The van der Waals surface area contributed by atoms with Crippen LogP contribution in [0.3, 0.4) is 0 Å². The normalized spacial score (nSPS) is 14.3. The highest BCUT2D eigenvalue weighted by molar-refractivity contribution is 7.89. The summed E-state index contributed by atoms with van der Waals surface area (Å²) >= 11 is 0. The zero-order valence-electron chi connectivity index (χ0n) is 13.9. The van der Waals surface area contributed by atoms with Crippen molar-refractivity contribution in [1.82, 2.24) is 0 Å². The topological polar surface area (TPSA) is 110 Å². The van der Waals surface area contributed by atoms with E-state index in [1.807, 2.05) is 6.07 Å². The molecule has 1 aliphatic rings. The van der Waals surface area contributed by atoms with Crippen LogP contribution in [0, 0.1) is 29.9 Å². The van der Waals surface area contributed by atoms with Crippen LogP contribution in [0.25, 0.3) is 11.1 Å². The first kappa shape index (κ1) is 18.7. The molecule has 3 rings (SSSR count). The Balaban J connectivity index is 2.23. The Labute approximate surface area is 153 Å². The molecule has 0 saturated carbocycles. The average molecular weight is 390 g/mol. The molecular weight excluding hydrogens is 378 g/mol. The van der Waals surface area contributed by atoms with E-state index in [9.17, 15) is 22.0 Å². The van der Waals surface area contributed by atoms with E-state index in [0.29, 0.717) is 16.7 Å². The number of nitriles is 1. The number of nitrogens with two attached hydrogens (primary N) is 1. The molecule has 138 valence electrons. The zero-order chi connectivity index (χ0) is 19.9. The molecule has 0 amide bonds. The number of halogens is 2. The molecule has 0 saturated heterocycles. The van der Waals surface area contributed by atoms with Crippen LogP contribution in [0.5, 0.6) is 0 Å². The summed E-state index contributed by atoms with van der Waals surface area (Å²) in [6.45, 7) is 1.47. The number of primary sulfonamides is 1. The van der Waals surface area contributed by atoms with Crippen LogP contribution in [0.1, 0.15) is 22.3 Å². The van der Waals surface area contributed by atoms with Crippen molar-refractivity contribution >= 4 is 27.1 Å². The summed E-state index contributed by atoms with van der Waals surface area (Å²) < 4.78 is 56.0. The SMILES string of the molecule is Cc1ccc(C2=C(c3cc(F)c(S(N)(=O)=O)c(F)c3)COC2=O)cc1C#N. The van der Waals surface area contributed by atoms with E-state index < -0.39 is 32.5 Å². The summed E-state index contributed by atoms with van der Waals surface area (Å²) in [4.78, 5) is 10.9. The first-order valence-electron chi connectivity index (χ1n) is 7.57. The van der Waals surface area contributed by atoms with Gasteiger partial charge in [-0.3, -0.25) is 0 Å². The molecule has 2 aromatic carbocycles. The van der Waals surface area contributed by atoms with Gasteiger partial charge in [0.15, 0.2) is 4.90 Å². The molecule has 0 aromatic heterocycles. The Morgan fingerprint density at radius 1 is 1.15 bits per heavy atom. The molecule has 6 nitrogen and oxygen atoms in total. The van der Waals surface area contributed by atoms with Gasteiger partial charge in [-0.25, -0.2) is 27.1 Å². The number of benzene rings is 2. The van der Waals surface area contributed by atoms with Crippen molar-refractivity contribution in [3.05, 3.63) is 64.2 Å². The Kier molecular flexibility index (Phi) is 4.55. The maximum absolute atomic E-state index is 14.2. The lowest BCUT2D eigenvalue weighted by molar-refractivity contribution is -0.133. The number of aryl methyl sites for hydroxylation is 1. The van der Waals surface area contributed by atoms with Crippen molar-refractivity contribution in [2.75, 3.05) is 6.61 Å². The van der Waals surface area contributed by atoms with Gasteiger partial charge in [0.1, 0.15) is 18.2 Å². The van der Waals surface area contributed by atoms with Gasteiger partial charge in [0.25, 0.3) is 0 Å². The van der Waals surface area contributed by atoms with Gasteiger partial charge in [-0.2, -0.15) is 5.26 Å². The van der Waals surface area contributed by atoms with Crippen LogP contribution in [0.4, 0.5) is 8.78 Å². The molecule has 0 spiro atoms. The number of hydrogen-bond donors (Lipinski definition) is 1. The zero-order valence-corrected chi connectivity index (χ0v) is 14.7. The average Bonchev–Trinajstić information content (AvgIpc) is 2.95. The number of nitrogens with zero attached hydrogens (tertiary/aromatic N) is 1.